The average Bonchev–Trinajstić information content (AvgIpc) is 2.42. The maximum Gasteiger partial charge on any atom is 0.158 e. The van der Waals surface area contributed by atoms with E-state index in [1.54, 1.807) is 0 Å². The van der Waals surface area contributed by atoms with E-state index < -0.39 is 0 Å². The first-order valence-electron chi connectivity index (χ1n) is 8.09. The highest BCUT2D eigenvalue weighted by Gasteiger charge is 2.17. The molecule has 0 amide bonds. The first kappa shape index (κ1) is 18.1. The SMILES string of the molecule is CCOC(C)OC1C=CC(C(C)C)CCC(=O)C(C)=CC1. The van der Waals surface area contributed by atoms with Crippen molar-refractivity contribution in [2.75, 3.05) is 6.61 Å². The van der Waals surface area contributed by atoms with Gasteiger partial charge in [0.1, 0.15) is 0 Å². The van der Waals surface area contributed by atoms with Crippen molar-refractivity contribution in [3.63, 3.8) is 0 Å². The van der Waals surface area contributed by atoms with Crippen LogP contribution >= 0.6 is 0 Å². The lowest BCUT2D eigenvalue weighted by Gasteiger charge is -2.22. The number of carbonyl (C=O) groups is 1. The third-order valence-electron chi connectivity index (χ3n) is 4.00. The van der Waals surface area contributed by atoms with Gasteiger partial charge in [-0.2, -0.15) is 0 Å². The smallest absolute Gasteiger partial charge is 0.158 e. The fourth-order valence-electron chi connectivity index (χ4n) is 2.52. The van der Waals surface area contributed by atoms with Crippen LogP contribution in [-0.2, 0) is 14.3 Å². The predicted molar refractivity (Wildman–Crippen MR) is 86.0 cm³/mol. The minimum Gasteiger partial charge on any atom is -0.353 e. The third-order valence-corrected chi connectivity index (χ3v) is 4.00. The Bertz CT molecular complexity index is 382. The molecular formula is C18H30O3. The van der Waals surface area contributed by atoms with Crippen LogP contribution in [0.15, 0.2) is 23.8 Å². The van der Waals surface area contributed by atoms with Crippen molar-refractivity contribution in [3.8, 4) is 0 Å². The lowest BCUT2D eigenvalue weighted by molar-refractivity contribution is -0.144. The summed E-state index contributed by atoms with van der Waals surface area (Å²) in [7, 11) is 0. The summed E-state index contributed by atoms with van der Waals surface area (Å²) in [4.78, 5) is 12.1. The van der Waals surface area contributed by atoms with Crippen LogP contribution in [0.5, 0.6) is 0 Å². The fraction of sp³-hybridized carbons (Fsp3) is 0.722. The van der Waals surface area contributed by atoms with E-state index in [1.165, 1.54) is 0 Å². The zero-order chi connectivity index (χ0) is 15.8. The molecule has 0 bridgehead atoms. The summed E-state index contributed by atoms with van der Waals surface area (Å²) in [5.74, 6) is 1.21. The van der Waals surface area contributed by atoms with Gasteiger partial charge < -0.3 is 9.47 Å². The van der Waals surface area contributed by atoms with Crippen LogP contribution in [0.4, 0.5) is 0 Å². The van der Waals surface area contributed by atoms with E-state index in [-0.39, 0.29) is 18.2 Å². The number of hydrogen-bond donors (Lipinski definition) is 0. The number of hydrogen-bond acceptors (Lipinski definition) is 3. The van der Waals surface area contributed by atoms with E-state index in [0.717, 1.165) is 18.4 Å². The van der Waals surface area contributed by atoms with Crippen LogP contribution in [0.1, 0.15) is 53.9 Å². The van der Waals surface area contributed by atoms with Crippen molar-refractivity contribution >= 4 is 5.78 Å². The summed E-state index contributed by atoms with van der Waals surface area (Å²) in [6.07, 6.45) is 8.35. The second-order valence-electron chi connectivity index (χ2n) is 6.07. The maximum absolute atomic E-state index is 12.1. The van der Waals surface area contributed by atoms with E-state index in [9.17, 15) is 4.79 Å². The van der Waals surface area contributed by atoms with Gasteiger partial charge in [-0.25, -0.2) is 0 Å². The van der Waals surface area contributed by atoms with Crippen molar-refractivity contribution in [1.82, 2.24) is 0 Å². The quantitative estimate of drug-likeness (QED) is 0.561. The molecule has 1 aliphatic rings. The molecule has 0 aromatic heterocycles. The van der Waals surface area contributed by atoms with Crippen LogP contribution in [0.2, 0.25) is 0 Å². The number of Topliss-reactive ketones (excluding diaryl/α,β-unsaturated/α-hetero) is 1. The normalized spacial score (nSPS) is 25.8. The Morgan fingerprint density at radius 3 is 2.62 bits per heavy atom. The minimum absolute atomic E-state index is 0.0337. The monoisotopic (exact) mass is 294 g/mol. The van der Waals surface area contributed by atoms with Gasteiger partial charge in [-0.05, 0) is 51.0 Å². The third kappa shape index (κ3) is 6.58. The lowest BCUT2D eigenvalue weighted by Crippen LogP contribution is -2.21. The summed E-state index contributed by atoms with van der Waals surface area (Å²) in [6.45, 7) is 10.8. The molecule has 1 aliphatic carbocycles. The molecule has 0 N–H and O–H groups in total. The van der Waals surface area contributed by atoms with Crippen LogP contribution in [0, 0.1) is 11.8 Å². The molecule has 0 radical (unpaired) electrons. The number of carbonyl (C=O) groups excluding carboxylic acids is 1. The van der Waals surface area contributed by atoms with Gasteiger partial charge in [-0.1, -0.05) is 32.1 Å². The molecule has 0 spiro atoms. The molecule has 0 aromatic carbocycles. The Hall–Kier alpha value is -0.930. The van der Waals surface area contributed by atoms with E-state index in [0.29, 0.717) is 24.9 Å². The number of ether oxygens (including phenoxy) is 2. The first-order valence-corrected chi connectivity index (χ1v) is 8.09. The molecule has 0 saturated heterocycles. The van der Waals surface area contributed by atoms with Gasteiger partial charge in [0, 0.05) is 13.0 Å². The predicted octanol–water partition coefficient (Wildman–Crippen LogP) is 4.28. The van der Waals surface area contributed by atoms with Crippen molar-refractivity contribution in [1.29, 1.82) is 0 Å². The Labute approximate surface area is 129 Å². The van der Waals surface area contributed by atoms with Crippen LogP contribution in [0.3, 0.4) is 0 Å². The standard InChI is InChI=1S/C18H30O3/c1-6-20-15(5)21-17-10-7-14(4)18(19)12-9-16(8-11-17)13(2)3/h7-8,11,13,15-17H,6,9-10,12H2,1-5H3. The maximum atomic E-state index is 12.1. The van der Waals surface area contributed by atoms with E-state index in [2.05, 4.69) is 26.0 Å². The van der Waals surface area contributed by atoms with E-state index in [4.69, 9.17) is 9.47 Å². The molecule has 0 heterocycles. The second-order valence-corrected chi connectivity index (χ2v) is 6.07. The molecule has 1 rings (SSSR count). The summed E-state index contributed by atoms with van der Waals surface area (Å²) in [5.41, 5.74) is 0.852. The van der Waals surface area contributed by atoms with Gasteiger partial charge in [0.15, 0.2) is 12.1 Å². The Morgan fingerprint density at radius 2 is 2.00 bits per heavy atom. The molecule has 0 saturated carbocycles. The summed E-state index contributed by atoms with van der Waals surface area (Å²) >= 11 is 0. The molecule has 3 heteroatoms. The van der Waals surface area contributed by atoms with Crippen LogP contribution < -0.4 is 0 Å². The first-order chi connectivity index (χ1) is 9.93. The lowest BCUT2D eigenvalue weighted by atomic mass is 9.88. The van der Waals surface area contributed by atoms with Crippen LogP contribution in [-0.4, -0.2) is 24.8 Å². The Kier molecular flexibility index (Phi) is 7.91. The van der Waals surface area contributed by atoms with Crippen molar-refractivity contribution in [2.45, 2.75) is 66.3 Å². The second kappa shape index (κ2) is 9.16. The Morgan fingerprint density at radius 1 is 1.29 bits per heavy atom. The summed E-state index contributed by atoms with van der Waals surface area (Å²) < 4.78 is 11.4. The molecule has 3 unspecified atom stereocenters. The fourth-order valence-corrected chi connectivity index (χ4v) is 2.52. The van der Waals surface area contributed by atoms with Gasteiger partial charge in [0.05, 0.1) is 6.10 Å². The molecule has 0 aliphatic heterocycles. The average molecular weight is 294 g/mol. The molecule has 0 fully saturated rings. The van der Waals surface area contributed by atoms with Crippen molar-refractivity contribution < 1.29 is 14.3 Å². The van der Waals surface area contributed by atoms with E-state index in [1.807, 2.05) is 26.8 Å². The number of allylic oxidation sites excluding steroid dienone is 2. The zero-order valence-corrected chi connectivity index (χ0v) is 14.1. The largest absolute Gasteiger partial charge is 0.353 e. The van der Waals surface area contributed by atoms with Gasteiger partial charge >= 0.3 is 0 Å². The highest BCUT2D eigenvalue weighted by Crippen LogP contribution is 2.23. The molecule has 21 heavy (non-hydrogen) atoms. The van der Waals surface area contributed by atoms with Gasteiger partial charge in [0.2, 0.25) is 0 Å². The molecule has 0 aromatic rings. The minimum atomic E-state index is -0.227. The van der Waals surface area contributed by atoms with Crippen LogP contribution in [0.25, 0.3) is 0 Å². The number of ketones is 1. The van der Waals surface area contributed by atoms with Crippen molar-refractivity contribution in [2.24, 2.45) is 11.8 Å². The number of rotatable bonds is 5. The topological polar surface area (TPSA) is 35.5 Å². The Balaban J connectivity index is 2.83. The summed E-state index contributed by atoms with van der Waals surface area (Å²) in [5, 5.41) is 0. The zero-order valence-electron chi connectivity index (χ0n) is 14.1. The molecule has 3 atom stereocenters. The van der Waals surface area contributed by atoms with Gasteiger partial charge in [-0.3, -0.25) is 4.79 Å². The van der Waals surface area contributed by atoms with Gasteiger partial charge in [0.25, 0.3) is 0 Å². The van der Waals surface area contributed by atoms with Gasteiger partial charge in [-0.15, -0.1) is 0 Å². The molecular weight excluding hydrogens is 264 g/mol. The highest BCUT2D eigenvalue weighted by atomic mass is 16.7. The molecule has 120 valence electrons. The molecule has 3 nitrogen and oxygen atoms in total. The van der Waals surface area contributed by atoms with Crippen molar-refractivity contribution in [3.05, 3.63) is 23.8 Å². The summed E-state index contributed by atoms with van der Waals surface area (Å²) in [6, 6.07) is 0. The highest BCUT2D eigenvalue weighted by molar-refractivity contribution is 5.94. The van der Waals surface area contributed by atoms with E-state index >= 15 is 0 Å².